The molecule has 0 aliphatic carbocycles. The van der Waals surface area contributed by atoms with Gasteiger partial charge in [0, 0.05) is 16.6 Å². The highest BCUT2D eigenvalue weighted by atomic mass is 35.5. The van der Waals surface area contributed by atoms with Gasteiger partial charge in [0.1, 0.15) is 0 Å². The summed E-state index contributed by atoms with van der Waals surface area (Å²) in [7, 11) is 0. The summed E-state index contributed by atoms with van der Waals surface area (Å²) in [5.74, 6) is 0.349. The normalized spacial score (nSPS) is 22.8. The smallest absolute Gasteiger partial charge is 0.227 e. The average molecular weight is 302 g/mol. The third-order valence-electron chi connectivity index (χ3n) is 3.75. The van der Waals surface area contributed by atoms with E-state index in [1.807, 2.05) is 0 Å². The minimum Gasteiger partial charge on any atom is -0.394 e. The highest BCUT2D eigenvalue weighted by Crippen LogP contribution is 2.26. The highest BCUT2D eigenvalue weighted by Gasteiger charge is 2.33. The number of carbonyl (C=O) groups is 1. The van der Waals surface area contributed by atoms with Gasteiger partial charge in [-0.3, -0.25) is 4.79 Å². The minimum absolute atomic E-state index is 0.00706. The van der Waals surface area contributed by atoms with Crippen molar-refractivity contribution in [3.63, 3.8) is 0 Å². The zero-order valence-electron chi connectivity index (χ0n) is 10.8. The standard InChI is InChI=1S/C14H17Cl2NO2/c1-9-4-5-17(13(9)8-18)14(19)6-10-2-3-11(15)7-12(10)16/h2-3,7,9,13,18H,4-6,8H2,1H3. The summed E-state index contributed by atoms with van der Waals surface area (Å²) in [5, 5.41) is 10.4. The van der Waals surface area contributed by atoms with E-state index in [-0.39, 0.29) is 25.0 Å². The number of amides is 1. The lowest BCUT2D eigenvalue weighted by molar-refractivity contribution is -0.132. The van der Waals surface area contributed by atoms with E-state index in [0.29, 0.717) is 22.5 Å². The molecule has 19 heavy (non-hydrogen) atoms. The molecule has 0 radical (unpaired) electrons. The van der Waals surface area contributed by atoms with Gasteiger partial charge in [0.15, 0.2) is 0 Å². The molecule has 0 aromatic heterocycles. The molecule has 104 valence electrons. The first-order chi connectivity index (χ1) is 9.02. The molecular weight excluding hydrogens is 285 g/mol. The van der Waals surface area contributed by atoms with Crippen molar-refractivity contribution in [3.05, 3.63) is 33.8 Å². The van der Waals surface area contributed by atoms with Crippen molar-refractivity contribution in [1.82, 2.24) is 4.90 Å². The van der Waals surface area contributed by atoms with Crippen molar-refractivity contribution in [1.29, 1.82) is 0 Å². The fourth-order valence-corrected chi connectivity index (χ4v) is 3.00. The molecule has 1 heterocycles. The van der Waals surface area contributed by atoms with E-state index in [0.717, 1.165) is 12.0 Å². The molecule has 0 spiro atoms. The summed E-state index contributed by atoms with van der Waals surface area (Å²) in [5.41, 5.74) is 0.771. The number of halogens is 2. The maximum atomic E-state index is 12.3. The first-order valence-electron chi connectivity index (χ1n) is 6.37. The maximum Gasteiger partial charge on any atom is 0.227 e. The molecule has 1 aliphatic heterocycles. The fourth-order valence-electron chi connectivity index (χ4n) is 2.53. The third kappa shape index (κ3) is 3.22. The van der Waals surface area contributed by atoms with Gasteiger partial charge in [-0.25, -0.2) is 0 Å². The second-order valence-corrected chi connectivity index (χ2v) is 5.86. The molecule has 2 rings (SSSR count). The lowest BCUT2D eigenvalue weighted by atomic mass is 10.0. The van der Waals surface area contributed by atoms with Crippen LogP contribution in [0.5, 0.6) is 0 Å². The number of carbonyl (C=O) groups excluding carboxylic acids is 1. The van der Waals surface area contributed by atoms with Crippen molar-refractivity contribution in [2.45, 2.75) is 25.8 Å². The van der Waals surface area contributed by atoms with Gasteiger partial charge in [-0.05, 0) is 30.0 Å². The van der Waals surface area contributed by atoms with Crippen LogP contribution in [0.3, 0.4) is 0 Å². The summed E-state index contributed by atoms with van der Waals surface area (Å²) in [6, 6.07) is 5.07. The molecule has 1 amide bonds. The first-order valence-corrected chi connectivity index (χ1v) is 7.12. The van der Waals surface area contributed by atoms with E-state index in [1.165, 1.54) is 0 Å². The van der Waals surface area contributed by atoms with Crippen molar-refractivity contribution in [3.8, 4) is 0 Å². The largest absolute Gasteiger partial charge is 0.394 e. The Bertz CT molecular complexity index is 479. The van der Waals surface area contributed by atoms with Crippen LogP contribution in [0.1, 0.15) is 18.9 Å². The molecule has 3 nitrogen and oxygen atoms in total. The Hall–Kier alpha value is -0.770. The Morgan fingerprint density at radius 1 is 1.47 bits per heavy atom. The second-order valence-electron chi connectivity index (χ2n) is 5.02. The number of aliphatic hydroxyl groups excluding tert-OH is 1. The van der Waals surface area contributed by atoms with Gasteiger partial charge in [-0.1, -0.05) is 36.2 Å². The van der Waals surface area contributed by atoms with E-state index < -0.39 is 0 Å². The fraction of sp³-hybridized carbons (Fsp3) is 0.500. The first kappa shape index (κ1) is 14.6. The van der Waals surface area contributed by atoms with Crippen LogP contribution < -0.4 is 0 Å². The van der Waals surface area contributed by atoms with E-state index in [1.54, 1.807) is 23.1 Å². The molecule has 1 aliphatic rings. The van der Waals surface area contributed by atoms with Crippen LogP contribution in [0.25, 0.3) is 0 Å². The number of benzene rings is 1. The molecule has 1 saturated heterocycles. The number of rotatable bonds is 3. The Morgan fingerprint density at radius 2 is 2.21 bits per heavy atom. The van der Waals surface area contributed by atoms with Gasteiger partial charge >= 0.3 is 0 Å². The Morgan fingerprint density at radius 3 is 2.84 bits per heavy atom. The third-order valence-corrected chi connectivity index (χ3v) is 4.33. The second kappa shape index (κ2) is 6.12. The predicted octanol–water partition coefficient (Wildman–Crippen LogP) is 2.77. The van der Waals surface area contributed by atoms with Gasteiger partial charge < -0.3 is 10.0 Å². The van der Waals surface area contributed by atoms with Crippen molar-refractivity contribution in [2.75, 3.05) is 13.2 Å². The number of aliphatic hydroxyl groups is 1. The zero-order chi connectivity index (χ0) is 14.0. The molecule has 2 unspecified atom stereocenters. The van der Waals surface area contributed by atoms with E-state index in [9.17, 15) is 9.90 Å². The van der Waals surface area contributed by atoms with Crippen LogP contribution in [0, 0.1) is 5.92 Å². The molecule has 0 bridgehead atoms. The summed E-state index contributed by atoms with van der Waals surface area (Å²) in [6.45, 7) is 2.78. The quantitative estimate of drug-likeness (QED) is 0.932. The number of hydrogen-bond acceptors (Lipinski definition) is 2. The monoisotopic (exact) mass is 301 g/mol. The van der Waals surface area contributed by atoms with Crippen molar-refractivity contribution in [2.24, 2.45) is 5.92 Å². The highest BCUT2D eigenvalue weighted by molar-refractivity contribution is 6.35. The van der Waals surface area contributed by atoms with Crippen LogP contribution in [0.4, 0.5) is 0 Å². The predicted molar refractivity (Wildman–Crippen MR) is 76.5 cm³/mol. The van der Waals surface area contributed by atoms with Crippen LogP contribution in [0.2, 0.25) is 10.0 Å². The minimum atomic E-state index is -0.0708. The molecule has 0 saturated carbocycles. The van der Waals surface area contributed by atoms with Gasteiger partial charge in [0.25, 0.3) is 0 Å². The van der Waals surface area contributed by atoms with Crippen LogP contribution >= 0.6 is 23.2 Å². The van der Waals surface area contributed by atoms with E-state index >= 15 is 0 Å². The Balaban J connectivity index is 2.09. The van der Waals surface area contributed by atoms with Crippen molar-refractivity contribution < 1.29 is 9.90 Å². The zero-order valence-corrected chi connectivity index (χ0v) is 12.3. The number of nitrogens with zero attached hydrogens (tertiary/aromatic N) is 1. The molecule has 1 N–H and O–H groups in total. The molecular formula is C14H17Cl2NO2. The molecule has 1 fully saturated rings. The topological polar surface area (TPSA) is 40.5 Å². The average Bonchev–Trinajstić information content (AvgIpc) is 2.74. The number of likely N-dealkylation sites (tertiary alicyclic amines) is 1. The molecule has 2 atom stereocenters. The Kier molecular flexibility index (Phi) is 4.71. The Labute approximate surface area is 123 Å². The van der Waals surface area contributed by atoms with Gasteiger partial charge in [0.2, 0.25) is 5.91 Å². The van der Waals surface area contributed by atoms with E-state index in [2.05, 4.69) is 6.92 Å². The summed E-state index contributed by atoms with van der Waals surface area (Å²) < 4.78 is 0. The lowest BCUT2D eigenvalue weighted by Gasteiger charge is -2.25. The summed E-state index contributed by atoms with van der Waals surface area (Å²) >= 11 is 11.9. The SMILES string of the molecule is CC1CCN(C(=O)Cc2ccc(Cl)cc2Cl)C1CO. The molecule has 5 heteroatoms. The van der Waals surface area contributed by atoms with Crippen LogP contribution in [0.15, 0.2) is 18.2 Å². The lowest BCUT2D eigenvalue weighted by Crippen LogP contribution is -2.40. The van der Waals surface area contributed by atoms with Gasteiger partial charge in [-0.2, -0.15) is 0 Å². The van der Waals surface area contributed by atoms with Crippen LogP contribution in [-0.4, -0.2) is 35.1 Å². The van der Waals surface area contributed by atoms with Crippen molar-refractivity contribution >= 4 is 29.1 Å². The summed E-state index contributed by atoms with van der Waals surface area (Å²) in [4.78, 5) is 14.0. The van der Waals surface area contributed by atoms with Crippen LogP contribution in [-0.2, 0) is 11.2 Å². The maximum absolute atomic E-state index is 12.3. The summed E-state index contributed by atoms with van der Waals surface area (Å²) in [6.07, 6.45) is 1.19. The van der Waals surface area contributed by atoms with E-state index in [4.69, 9.17) is 23.2 Å². The van der Waals surface area contributed by atoms with Gasteiger partial charge in [-0.15, -0.1) is 0 Å². The molecule has 1 aromatic carbocycles. The number of hydrogen-bond donors (Lipinski definition) is 1. The van der Waals surface area contributed by atoms with Gasteiger partial charge in [0.05, 0.1) is 19.1 Å². The molecule has 1 aromatic rings.